The predicted molar refractivity (Wildman–Crippen MR) is 302 cm³/mol. The lowest BCUT2D eigenvalue weighted by Crippen LogP contribution is -2.59. The van der Waals surface area contributed by atoms with Crippen molar-refractivity contribution in [3.05, 3.63) is 35.9 Å². The Labute approximate surface area is 481 Å². The Bertz CT molecular complexity index is 2440. The summed E-state index contributed by atoms with van der Waals surface area (Å²) in [6, 6.07) is -0.962. The number of aliphatic hydroxyl groups excluding tert-OH is 1. The van der Waals surface area contributed by atoms with Crippen LogP contribution < -0.4 is 49.5 Å². The van der Waals surface area contributed by atoms with Gasteiger partial charge in [0.05, 0.1) is 24.4 Å². The van der Waals surface area contributed by atoms with E-state index in [9.17, 15) is 63.0 Å². The molecule has 4 aliphatic rings. The van der Waals surface area contributed by atoms with Gasteiger partial charge in [0, 0.05) is 51.3 Å². The van der Waals surface area contributed by atoms with Crippen LogP contribution in [0.15, 0.2) is 35.3 Å². The minimum absolute atomic E-state index is 0.0303. The summed E-state index contributed by atoms with van der Waals surface area (Å²) in [5.74, 6) is -8.01. The maximum absolute atomic E-state index is 14.3. The zero-order valence-electron chi connectivity index (χ0n) is 46.8. The summed E-state index contributed by atoms with van der Waals surface area (Å²) in [4.78, 5) is 158. The van der Waals surface area contributed by atoms with E-state index in [4.69, 9.17) is 22.9 Å². The van der Waals surface area contributed by atoms with Crippen molar-refractivity contribution in [3.63, 3.8) is 0 Å². The molecule has 82 heavy (non-hydrogen) atoms. The van der Waals surface area contributed by atoms with E-state index in [1.54, 1.807) is 30.3 Å². The lowest BCUT2D eigenvalue weighted by molar-refractivity contribution is -0.148. The third-order valence-electron chi connectivity index (χ3n) is 15.0. The lowest BCUT2D eigenvalue weighted by Gasteiger charge is -2.33. The van der Waals surface area contributed by atoms with Gasteiger partial charge >= 0.3 is 5.97 Å². The van der Waals surface area contributed by atoms with Gasteiger partial charge < -0.3 is 74.4 Å². The number of nitrogens with one attached hydrogen (secondary N) is 5. The van der Waals surface area contributed by atoms with Gasteiger partial charge in [0.25, 0.3) is 0 Å². The number of aliphatic carboxylic acids is 1. The number of thioether (sulfide) groups is 1. The molecule has 28 heteroatoms. The van der Waals surface area contributed by atoms with Gasteiger partial charge in [-0.05, 0) is 82.7 Å². The average molecular weight is 1170 g/mol. The normalized spacial score (nSPS) is 20.6. The Hall–Kier alpha value is -6.91. The van der Waals surface area contributed by atoms with Crippen molar-refractivity contribution in [2.45, 2.75) is 170 Å². The number of nitrogens with zero attached hydrogens (tertiary/aromatic N) is 5. The molecule has 5 rings (SSSR count). The maximum Gasteiger partial charge on any atom is 0.327 e. The second-order valence-corrected chi connectivity index (χ2v) is 22.3. The number of guanidine groups is 1. The highest BCUT2D eigenvalue weighted by Gasteiger charge is 2.45. The second-order valence-electron chi connectivity index (χ2n) is 21.1. The van der Waals surface area contributed by atoms with Gasteiger partial charge in [-0.3, -0.25) is 57.8 Å². The van der Waals surface area contributed by atoms with Gasteiger partial charge in [0.1, 0.15) is 42.3 Å². The summed E-state index contributed by atoms with van der Waals surface area (Å²) in [5.41, 5.74) is 23.3. The number of likely N-dealkylation sites (tertiary alicyclic amines) is 4. The molecule has 4 heterocycles. The first-order chi connectivity index (χ1) is 39.3. The van der Waals surface area contributed by atoms with Crippen LogP contribution in [0.5, 0.6) is 0 Å². The molecular formula is C54H84N14O13S. The first kappa shape index (κ1) is 65.9. The van der Waals surface area contributed by atoms with Gasteiger partial charge in [0.15, 0.2) is 5.96 Å². The minimum Gasteiger partial charge on any atom is -0.480 e. The lowest BCUT2D eigenvalue weighted by atomic mass is 10.0. The topological polar surface area (TPSA) is 418 Å². The van der Waals surface area contributed by atoms with Gasteiger partial charge in [-0.15, -0.1) is 11.8 Å². The molecule has 454 valence electrons. The zero-order valence-corrected chi connectivity index (χ0v) is 47.6. The first-order valence-corrected chi connectivity index (χ1v) is 29.6. The fraction of sp³-hybridized carbons (Fsp3) is 0.667. The Morgan fingerprint density at radius 3 is 2.00 bits per heavy atom. The second kappa shape index (κ2) is 33.3. The molecule has 1 aromatic carbocycles. The number of hydrogen-bond donors (Lipinski definition) is 11. The number of nitrogens with two attached hydrogens (primary N) is 4. The highest BCUT2D eigenvalue weighted by Crippen LogP contribution is 2.28. The van der Waals surface area contributed by atoms with E-state index in [0.717, 1.165) is 35.9 Å². The van der Waals surface area contributed by atoms with Crippen LogP contribution in [-0.4, -0.2) is 213 Å². The summed E-state index contributed by atoms with van der Waals surface area (Å²) in [5, 5.41) is 32.6. The first-order valence-electron chi connectivity index (χ1n) is 28.5. The van der Waals surface area contributed by atoms with Gasteiger partial charge in [-0.2, -0.15) is 0 Å². The standard InChI is InChI=1S/C54H84N14O13S/c1-2-3-4-10-24-68-44(71)29-42(52(68)79)82-32-38(53(80)81)64-48(75)40-20-13-25-65(40)50(77)37(31-69)63-46(73)36(28-33-15-6-5-7-16-33)61-43(70)30-60-47(74)39-19-12-26-66(39)51(78)41-21-14-27-67(41)49(76)35(18-11-23-59-54(57)58)62-45(72)34(56)17-8-9-22-55/h5-7,15-16,34-42,69H,2-4,8-14,17-32,55-56H2,1H3,(H,60,74)(H,61,70)(H,62,72)(H,63,73)(H,64,75)(H,80,81)(H4,57,58,59)/t34-,35-,36-,37-,38-,39-,40-,41-,42?/m0/s1. The van der Waals surface area contributed by atoms with E-state index >= 15 is 0 Å². The summed E-state index contributed by atoms with van der Waals surface area (Å²) in [6.45, 7) is 1.84. The van der Waals surface area contributed by atoms with Gasteiger partial charge in [-0.25, -0.2) is 4.79 Å². The Kier molecular flexibility index (Phi) is 26.7. The molecule has 4 fully saturated rings. The van der Waals surface area contributed by atoms with Crippen LogP contribution in [0.2, 0.25) is 0 Å². The monoisotopic (exact) mass is 1170 g/mol. The van der Waals surface area contributed by atoms with Crippen LogP contribution in [0, 0.1) is 0 Å². The van der Waals surface area contributed by atoms with Crippen molar-refractivity contribution < 1.29 is 63.0 Å². The molecule has 15 N–H and O–H groups in total. The van der Waals surface area contributed by atoms with Crippen molar-refractivity contribution in [1.29, 1.82) is 0 Å². The number of imide groups is 1. The van der Waals surface area contributed by atoms with Crippen LogP contribution >= 0.6 is 11.8 Å². The van der Waals surface area contributed by atoms with Crippen LogP contribution in [0.4, 0.5) is 0 Å². The fourth-order valence-corrected chi connectivity index (χ4v) is 11.8. The predicted octanol–water partition coefficient (Wildman–Crippen LogP) is -2.71. The zero-order chi connectivity index (χ0) is 59.9. The molecule has 10 amide bonds. The van der Waals surface area contributed by atoms with Crippen molar-refractivity contribution in [1.82, 2.24) is 46.2 Å². The van der Waals surface area contributed by atoms with Gasteiger partial charge in [0.2, 0.25) is 59.1 Å². The Morgan fingerprint density at radius 1 is 0.720 bits per heavy atom. The molecule has 0 aromatic heterocycles. The van der Waals surface area contributed by atoms with E-state index in [-0.39, 0.29) is 82.4 Å². The third kappa shape index (κ3) is 19.1. The largest absolute Gasteiger partial charge is 0.480 e. The molecule has 0 bridgehead atoms. The number of amides is 10. The number of carboxylic acids is 1. The molecular weight excluding hydrogens is 1080 g/mol. The molecule has 4 saturated heterocycles. The minimum atomic E-state index is -1.61. The third-order valence-corrected chi connectivity index (χ3v) is 16.3. The van der Waals surface area contributed by atoms with Crippen LogP contribution in [0.25, 0.3) is 0 Å². The maximum atomic E-state index is 14.3. The Morgan fingerprint density at radius 2 is 1.35 bits per heavy atom. The van der Waals surface area contributed by atoms with Crippen LogP contribution in [0.1, 0.15) is 115 Å². The quantitative estimate of drug-likeness (QED) is 0.0147. The fourth-order valence-electron chi connectivity index (χ4n) is 10.6. The van der Waals surface area contributed by atoms with Crippen molar-refractivity contribution in [2.24, 2.45) is 27.9 Å². The highest BCUT2D eigenvalue weighted by molar-refractivity contribution is 8.00. The molecule has 4 aliphatic heterocycles. The van der Waals surface area contributed by atoms with Crippen molar-refractivity contribution >= 4 is 82.8 Å². The summed E-state index contributed by atoms with van der Waals surface area (Å²) in [6.07, 6.45) is 7.33. The highest BCUT2D eigenvalue weighted by atomic mass is 32.2. The Balaban J connectivity index is 1.18. The van der Waals surface area contributed by atoms with E-state index in [2.05, 4.69) is 31.6 Å². The summed E-state index contributed by atoms with van der Waals surface area (Å²) in [7, 11) is 0. The number of hydrogen-bond acceptors (Lipinski definition) is 16. The van der Waals surface area contributed by atoms with Crippen molar-refractivity contribution in [3.8, 4) is 0 Å². The van der Waals surface area contributed by atoms with Crippen molar-refractivity contribution in [2.75, 3.05) is 58.2 Å². The SMILES string of the molecule is CCCCCCN1C(=O)CC(SC[C@H](NC(=O)[C@@H]2CCCN2C(=O)[C@H](CO)NC(=O)[C@H](Cc2ccccc2)NC(=O)CNC(=O)[C@@H]2CCCN2C(=O)[C@@H]2CCCN2C(=O)[C@H](CCCN=C(N)N)NC(=O)[C@@H](N)CCCCN)C(=O)O)C1=O. The molecule has 1 aromatic rings. The number of unbranched alkanes of at least 4 members (excludes halogenated alkanes) is 4. The molecule has 1 unspecified atom stereocenters. The van der Waals surface area contributed by atoms with E-state index < -0.39 is 126 Å². The van der Waals surface area contributed by atoms with Gasteiger partial charge in [-0.1, -0.05) is 62.9 Å². The molecule has 9 atom stereocenters. The number of aliphatic hydroxyl groups is 1. The summed E-state index contributed by atoms with van der Waals surface area (Å²) >= 11 is 0.952. The number of benzene rings is 1. The summed E-state index contributed by atoms with van der Waals surface area (Å²) < 4.78 is 0. The van der Waals surface area contributed by atoms with Crippen LogP contribution in [-0.2, 0) is 59.2 Å². The number of rotatable bonds is 33. The van der Waals surface area contributed by atoms with Crippen LogP contribution in [0.3, 0.4) is 0 Å². The molecule has 0 saturated carbocycles. The van der Waals surface area contributed by atoms with E-state index in [1.807, 2.05) is 6.92 Å². The molecule has 0 spiro atoms. The molecule has 27 nitrogen and oxygen atoms in total. The average Bonchev–Trinajstić information content (AvgIpc) is 4.51. The number of carbonyl (C=O) groups is 11. The van der Waals surface area contributed by atoms with E-state index in [0.29, 0.717) is 69.9 Å². The van der Waals surface area contributed by atoms with E-state index in [1.165, 1.54) is 14.7 Å². The smallest absolute Gasteiger partial charge is 0.327 e. The molecule has 0 radical (unpaired) electrons. The number of carboxylic acid groups (broad SMARTS) is 1. The number of carbonyl (C=O) groups excluding carboxylic acids is 10. The molecule has 0 aliphatic carbocycles. The number of aliphatic imine (C=N–C) groups is 1.